The van der Waals surface area contributed by atoms with Gasteiger partial charge in [-0.15, -0.1) is 0 Å². The van der Waals surface area contributed by atoms with E-state index in [0.717, 1.165) is 0 Å². The van der Waals surface area contributed by atoms with E-state index in [9.17, 15) is 4.39 Å². The minimum Gasteiger partial charge on any atom is -0.349 e. The lowest BCUT2D eigenvalue weighted by atomic mass is 10.2. The monoisotopic (exact) mass is 266 g/mol. The third-order valence-electron chi connectivity index (χ3n) is 3.07. The van der Waals surface area contributed by atoms with Crippen molar-refractivity contribution in [2.24, 2.45) is 0 Å². The first-order chi connectivity index (χ1) is 8.60. The van der Waals surface area contributed by atoms with Crippen LogP contribution in [0.1, 0.15) is 24.1 Å². The molecule has 1 N–H and O–H groups in total. The summed E-state index contributed by atoms with van der Waals surface area (Å²) in [4.78, 5) is 0. The zero-order valence-electron chi connectivity index (χ0n) is 10.5. The largest absolute Gasteiger partial charge is 0.349 e. The van der Waals surface area contributed by atoms with E-state index in [-0.39, 0.29) is 11.9 Å². The second-order valence-corrected chi connectivity index (χ2v) is 4.80. The van der Waals surface area contributed by atoms with Gasteiger partial charge >= 0.3 is 0 Å². The van der Waals surface area contributed by atoms with Crippen molar-refractivity contribution < 1.29 is 4.39 Å². The minimum absolute atomic E-state index is 0.226. The number of benzene rings is 1. The van der Waals surface area contributed by atoms with E-state index >= 15 is 0 Å². The molecule has 4 heteroatoms. The molecule has 0 radical (unpaired) electrons. The Balaban J connectivity index is 2.18. The van der Waals surface area contributed by atoms with Crippen LogP contribution in [-0.4, -0.2) is 11.6 Å². The maximum atomic E-state index is 13.6. The summed E-state index contributed by atoms with van der Waals surface area (Å²) in [5.41, 5.74) is 1.78. The van der Waals surface area contributed by atoms with Gasteiger partial charge in [0, 0.05) is 35.6 Å². The third kappa shape index (κ3) is 2.92. The second-order valence-electron chi connectivity index (χ2n) is 4.36. The van der Waals surface area contributed by atoms with E-state index in [1.165, 1.54) is 11.6 Å². The van der Waals surface area contributed by atoms with E-state index < -0.39 is 0 Å². The van der Waals surface area contributed by atoms with Crippen LogP contribution in [0.2, 0.25) is 5.02 Å². The summed E-state index contributed by atoms with van der Waals surface area (Å²) < 4.78 is 15.6. The minimum atomic E-state index is -0.226. The zero-order chi connectivity index (χ0) is 13.1. The molecule has 0 spiro atoms. The Hall–Kier alpha value is -1.32. The molecule has 0 aliphatic carbocycles. The summed E-state index contributed by atoms with van der Waals surface area (Å²) in [7, 11) is 1.92. The molecule has 1 atom stereocenters. The van der Waals surface area contributed by atoms with Gasteiger partial charge < -0.3 is 9.88 Å². The fraction of sp³-hybridized carbons (Fsp3) is 0.286. The normalized spacial score (nSPS) is 12.7. The Morgan fingerprint density at radius 2 is 2.17 bits per heavy atom. The van der Waals surface area contributed by atoms with Crippen LogP contribution in [0.3, 0.4) is 0 Å². The predicted octanol–water partition coefficient (Wildman–Crippen LogP) is 3.61. The van der Waals surface area contributed by atoms with Crippen molar-refractivity contribution in [2.45, 2.75) is 19.5 Å². The number of nitrogens with one attached hydrogen (secondary N) is 1. The summed E-state index contributed by atoms with van der Waals surface area (Å²) in [6, 6.07) is 6.94. The zero-order valence-corrected chi connectivity index (χ0v) is 11.2. The molecule has 2 aromatic rings. The molecule has 2 nitrogen and oxygen atoms in total. The molecular weight excluding hydrogens is 251 g/mol. The second kappa shape index (κ2) is 5.55. The van der Waals surface area contributed by atoms with Gasteiger partial charge in [0.15, 0.2) is 0 Å². The Labute approximate surface area is 111 Å². The van der Waals surface area contributed by atoms with E-state index in [4.69, 9.17) is 11.6 Å². The molecule has 1 aromatic carbocycles. The number of nitrogens with zero attached hydrogens (tertiary/aromatic N) is 1. The molecule has 0 bridgehead atoms. The quantitative estimate of drug-likeness (QED) is 0.895. The summed E-state index contributed by atoms with van der Waals surface area (Å²) in [6.45, 7) is 2.57. The van der Waals surface area contributed by atoms with Crippen molar-refractivity contribution in [1.82, 2.24) is 9.88 Å². The van der Waals surface area contributed by atoms with Crippen molar-refractivity contribution in [2.75, 3.05) is 7.05 Å². The van der Waals surface area contributed by atoms with E-state index in [2.05, 4.69) is 12.2 Å². The van der Waals surface area contributed by atoms with Crippen molar-refractivity contribution in [3.05, 3.63) is 58.6 Å². The summed E-state index contributed by atoms with van der Waals surface area (Å²) in [5, 5.41) is 3.73. The van der Waals surface area contributed by atoms with Crippen LogP contribution in [0.5, 0.6) is 0 Å². The predicted molar refractivity (Wildman–Crippen MR) is 72.4 cm³/mol. The first-order valence-corrected chi connectivity index (χ1v) is 6.25. The van der Waals surface area contributed by atoms with Crippen LogP contribution in [0.15, 0.2) is 36.7 Å². The van der Waals surface area contributed by atoms with Gasteiger partial charge in [0.05, 0.1) is 0 Å². The van der Waals surface area contributed by atoms with E-state index in [0.29, 0.717) is 17.1 Å². The van der Waals surface area contributed by atoms with Crippen molar-refractivity contribution in [3.8, 4) is 0 Å². The smallest absolute Gasteiger partial charge is 0.128 e. The van der Waals surface area contributed by atoms with Gasteiger partial charge in [-0.05, 0) is 43.8 Å². The summed E-state index contributed by atoms with van der Waals surface area (Å²) in [6.07, 6.45) is 3.96. The van der Waals surface area contributed by atoms with Crippen molar-refractivity contribution >= 4 is 11.6 Å². The van der Waals surface area contributed by atoms with E-state index in [1.54, 1.807) is 12.1 Å². The fourth-order valence-electron chi connectivity index (χ4n) is 1.84. The molecule has 1 aromatic heterocycles. The molecule has 0 aliphatic rings. The third-order valence-corrected chi connectivity index (χ3v) is 3.30. The van der Waals surface area contributed by atoms with Crippen LogP contribution in [-0.2, 0) is 6.54 Å². The van der Waals surface area contributed by atoms with Crippen LogP contribution in [0, 0.1) is 5.82 Å². The Morgan fingerprint density at radius 1 is 1.39 bits per heavy atom. The van der Waals surface area contributed by atoms with E-state index in [1.807, 2.05) is 30.1 Å². The SMILES string of the molecule is CNC(C)c1ccn(Cc2cc(Cl)ccc2F)c1. The van der Waals surface area contributed by atoms with Gasteiger partial charge in [-0.25, -0.2) is 4.39 Å². The standard InChI is InChI=1S/C14H16ClFN2/c1-10(17-2)11-5-6-18(8-11)9-12-7-13(15)3-4-14(12)16/h3-8,10,17H,9H2,1-2H3. The molecule has 2 rings (SSSR count). The molecule has 0 saturated carbocycles. The Morgan fingerprint density at radius 3 is 2.89 bits per heavy atom. The highest BCUT2D eigenvalue weighted by atomic mass is 35.5. The highest BCUT2D eigenvalue weighted by Crippen LogP contribution is 2.18. The highest BCUT2D eigenvalue weighted by molar-refractivity contribution is 6.30. The lowest BCUT2D eigenvalue weighted by molar-refractivity contribution is 0.598. The molecule has 0 fully saturated rings. The van der Waals surface area contributed by atoms with Gasteiger partial charge in [0.1, 0.15) is 5.82 Å². The van der Waals surface area contributed by atoms with Gasteiger partial charge in [-0.1, -0.05) is 11.6 Å². The van der Waals surface area contributed by atoms with Crippen LogP contribution in [0.4, 0.5) is 4.39 Å². The first-order valence-electron chi connectivity index (χ1n) is 5.87. The van der Waals surface area contributed by atoms with Crippen molar-refractivity contribution in [3.63, 3.8) is 0 Å². The van der Waals surface area contributed by atoms with Crippen LogP contribution in [0.25, 0.3) is 0 Å². The number of hydrogen-bond acceptors (Lipinski definition) is 1. The first kappa shape index (κ1) is 13.1. The van der Waals surface area contributed by atoms with Crippen molar-refractivity contribution in [1.29, 1.82) is 0 Å². The number of halogens is 2. The number of hydrogen-bond donors (Lipinski definition) is 1. The molecule has 1 heterocycles. The summed E-state index contributed by atoms with van der Waals surface area (Å²) in [5.74, 6) is -0.226. The maximum Gasteiger partial charge on any atom is 0.128 e. The lowest BCUT2D eigenvalue weighted by Gasteiger charge is -2.08. The molecular formula is C14H16ClFN2. The molecule has 0 aliphatic heterocycles. The van der Waals surface area contributed by atoms with Crippen LogP contribution < -0.4 is 5.32 Å². The molecule has 0 amide bonds. The van der Waals surface area contributed by atoms with Gasteiger partial charge in [-0.3, -0.25) is 0 Å². The van der Waals surface area contributed by atoms with Gasteiger partial charge in [0.2, 0.25) is 0 Å². The molecule has 96 valence electrons. The fourth-order valence-corrected chi connectivity index (χ4v) is 2.04. The topological polar surface area (TPSA) is 17.0 Å². The van der Waals surface area contributed by atoms with Crippen LogP contribution >= 0.6 is 11.6 Å². The van der Waals surface area contributed by atoms with Gasteiger partial charge in [0.25, 0.3) is 0 Å². The maximum absolute atomic E-state index is 13.6. The Kier molecular flexibility index (Phi) is 4.04. The summed E-state index contributed by atoms with van der Waals surface area (Å²) >= 11 is 5.88. The number of rotatable bonds is 4. The molecule has 0 saturated heterocycles. The average molecular weight is 267 g/mol. The average Bonchev–Trinajstić information content (AvgIpc) is 2.81. The van der Waals surface area contributed by atoms with Gasteiger partial charge in [-0.2, -0.15) is 0 Å². The molecule has 18 heavy (non-hydrogen) atoms. The lowest BCUT2D eigenvalue weighted by Crippen LogP contribution is -2.11. The highest BCUT2D eigenvalue weighted by Gasteiger charge is 2.07. The molecule has 1 unspecified atom stereocenters. The number of aromatic nitrogens is 1. The Bertz CT molecular complexity index is 536.